The molecule has 0 aliphatic rings. The van der Waals surface area contributed by atoms with Gasteiger partial charge in [0.2, 0.25) is 5.89 Å². The van der Waals surface area contributed by atoms with Crippen molar-refractivity contribution >= 4 is 17.6 Å². The average Bonchev–Trinajstić information content (AvgIpc) is 3.10. The molecule has 6 nitrogen and oxygen atoms in total. The number of ether oxygens (including phenoxy) is 2. The van der Waals surface area contributed by atoms with E-state index in [1.165, 1.54) is 0 Å². The number of benzene rings is 2. The van der Waals surface area contributed by atoms with Crippen LogP contribution in [0.1, 0.15) is 21.8 Å². The van der Waals surface area contributed by atoms with Crippen molar-refractivity contribution in [3.8, 4) is 11.5 Å². The summed E-state index contributed by atoms with van der Waals surface area (Å²) >= 11 is 5.84. The molecule has 128 valence electrons. The predicted octanol–water partition coefficient (Wildman–Crippen LogP) is 3.89. The van der Waals surface area contributed by atoms with Crippen LogP contribution in [-0.2, 0) is 22.7 Å². The molecule has 0 unspecified atom stereocenters. The van der Waals surface area contributed by atoms with Gasteiger partial charge in [-0.1, -0.05) is 23.7 Å². The van der Waals surface area contributed by atoms with Gasteiger partial charge >= 0.3 is 5.97 Å². The highest BCUT2D eigenvalue weighted by molar-refractivity contribution is 6.30. The van der Waals surface area contributed by atoms with Crippen LogP contribution >= 0.6 is 11.6 Å². The van der Waals surface area contributed by atoms with Crippen LogP contribution < -0.4 is 0 Å². The van der Waals surface area contributed by atoms with Crippen molar-refractivity contribution in [3.05, 3.63) is 70.6 Å². The Labute approximate surface area is 149 Å². The Kier molecular flexibility index (Phi) is 5.42. The number of aromatic nitrogens is 2. The highest BCUT2D eigenvalue weighted by Gasteiger charge is 2.12. The minimum atomic E-state index is -0.463. The summed E-state index contributed by atoms with van der Waals surface area (Å²) in [6.45, 7) is 0.393. The Morgan fingerprint density at radius 2 is 1.76 bits per heavy atom. The largest absolute Gasteiger partial charge is 0.452 e. The van der Waals surface area contributed by atoms with Crippen LogP contribution in [0.4, 0.5) is 0 Å². The first kappa shape index (κ1) is 17.1. The third-order valence-corrected chi connectivity index (χ3v) is 3.64. The Bertz CT molecular complexity index is 844. The predicted molar refractivity (Wildman–Crippen MR) is 91.0 cm³/mol. The fourth-order valence-electron chi connectivity index (χ4n) is 2.14. The topological polar surface area (TPSA) is 74.5 Å². The number of rotatable bonds is 6. The van der Waals surface area contributed by atoms with E-state index in [4.69, 9.17) is 25.5 Å². The molecule has 3 aromatic rings. The number of hydrogen-bond donors (Lipinski definition) is 0. The van der Waals surface area contributed by atoms with E-state index in [2.05, 4.69) is 10.2 Å². The number of carbonyl (C=O) groups excluding carboxylic acids is 1. The van der Waals surface area contributed by atoms with Crippen molar-refractivity contribution in [1.82, 2.24) is 10.2 Å². The van der Waals surface area contributed by atoms with E-state index in [-0.39, 0.29) is 12.5 Å². The second-order valence-corrected chi connectivity index (χ2v) is 5.65. The number of hydrogen-bond acceptors (Lipinski definition) is 6. The minimum absolute atomic E-state index is 0.0980. The van der Waals surface area contributed by atoms with Crippen molar-refractivity contribution in [3.63, 3.8) is 0 Å². The van der Waals surface area contributed by atoms with Gasteiger partial charge in [-0.3, -0.25) is 0 Å². The second-order valence-electron chi connectivity index (χ2n) is 5.21. The van der Waals surface area contributed by atoms with E-state index < -0.39 is 5.97 Å². The fraction of sp³-hybridized carbons (Fsp3) is 0.167. The van der Waals surface area contributed by atoms with Crippen LogP contribution in [0.15, 0.2) is 52.9 Å². The normalized spacial score (nSPS) is 10.6. The molecule has 3 rings (SSSR count). The molecule has 25 heavy (non-hydrogen) atoms. The molecule has 1 aromatic heterocycles. The van der Waals surface area contributed by atoms with Crippen LogP contribution in [0.2, 0.25) is 5.02 Å². The highest BCUT2D eigenvalue weighted by Crippen LogP contribution is 2.20. The van der Waals surface area contributed by atoms with Gasteiger partial charge < -0.3 is 13.9 Å². The van der Waals surface area contributed by atoms with Crippen molar-refractivity contribution in [1.29, 1.82) is 0 Å². The molecule has 0 aliphatic carbocycles. The van der Waals surface area contributed by atoms with E-state index in [1.807, 2.05) is 12.1 Å². The molecule has 2 aromatic carbocycles. The van der Waals surface area contributed by atoms with Gasteiger partial charge in [-0.2, -0.15) is 0 Å². The first-order chi connectivity index (χ1) is 12.2. The van der Waals surface area contributed by atoms with Crippen LogP contribution in [0.3, 0.4) is 0 Å². The van der Waals surface area contributed by atoms with Crippen molar-refractivity contribution in [2.75, 3.05) is 7.11 Å². The highest BCUT2D eigenvalue weighted by atomic mass is 35.5. The zero-order valence-electron chi connectivity index (χ0n) is 13.4. The first-order valence-corrected chi connectivity index (χ1v) is 7.87. The molecule has 0 atom stereocenters. The maximum atomic E-state index is 12.0. The Hall–Kier alpha value is -2.70. The Balaban J connectivity index is 1.60. The van der Waals surface area contributed by atoms with E-state index in [1.54, 1.807) is 43.5 Å². The van der Waals surface area contributed by atoms with Crippen LogP contribution in [-0.4, -0.2) is 23.3 Å². The zero-order chi connectivity index (χ0) is 17.6. The summed E-state index contributed by atoms with van der Waals surface area (Å²) in [5.74, 6) is 0.0937. The average molecular weight is 359 g/mol. The Morgan fingerprint density at radius 3 is 2.44 bits per heavy atom. The van der Waals surface area contributed by atoms with E-state index >= 15 is 0 Å². The molecule has 0 radical (unpaired) electrons. The van der Waals surface area contributed by atoms with Crippen LogP contribution in [0, 0.1) is 0 Å². The number of halogens is 1. The molecule has 0 amide bonds. The lowest BCUT2D eigenvalue weighted by molar-refractivity contribution is 0.0438. The smallest absolute Gasteiger partial charge is 0.338 e. The van der Waals surface area contributed by atoms with E-state index in [0.717, 1.165) is 11.1 Å². The summed E-state index contributed by atoms with van der Waals surface area (Å²) in [5, 5.41) is 8.43. The number of methoxy groups -OCH3 is 1. The molecular weight excluding hydrogens is 344 g/mol. The van der Waals surface area contributed by atoms with Crippen molar-refractivity contribution in [2.45, 2.75) is 13.2 Å². The zero-order valence-corrected chi connectivity index (χ0v) is 14.2. The molecule has 0 bridgehead atoms. The summed E-state index contributed by atoms with van der Waals surface area (Å²) in [7, 11) is 1.62. The molecule has 0 spiro atoms. The molecule has 0 fully saturated rings. The minimum Gasteiger partial charge on any atom is -0.452 e. The second kappa shape index (κ2) is 7.92. The van der Waals surface area contributed by atoms with Crippen molar-refractivity contribution in [2.24, 2.45) is 0 Å². The van der Waals surface area contributed by atoms with Gasteiger partial charge in [0.1, 0.15) is 0 Å². The summed E-state index contributed by atoms with van der Waals surface area (Å²) in [4.78, 5) is 12.0. The summed E-state index contributed by atoms with van der Waals surface area (Å²) in [5.41, 5.74) is 2.16. The standard InChI is InChI=1S/C18H15ClN2O4/c1-23-10-12-2-4-14(5-3-12)18(22)24-11-16-20-21-17(25-16)13-6-8-15(19)9-7-13/h2-9H,10-11H2,1H3. The van der Waals surface area contributed by atoms with Crippen LogP contribution in [0.5, 0.6) is 0 Å². The first-order valence-electron chi connectivity index (χ1n) is 7.49. The van der Waals surface area contributed by atoms with Gasteiger partial charge in [-0.25, -0.2) is 4.79 Å². The monoisotopic (exact) mass is 358 g/mol. The van der Waals surface area contributed by atoms with Gasteiger partial charge in [0, 0.05) is 17.7 Å². The SMILES string of the molecule is COCc1ccc(C(=O)OCc2nnc(-c3ccc(Cl)cc3)o2)cc1. The van der Waals surface area contributed by atoms with Gasteiger partial charge in [0.25, 0.3) is 5.89 Å². The fourth-order valence-corrected chi connectivity index (χ4v) is 2.26. The molecule has 0 saturated carbocycles. The molecule has 7 heteroatoms. The quantitative estimate of drug-likeness (QED) is 0.622. The maximum absolute atomic E-state index is 12.0. The van der Waals surface area contributed by atoms with E-state index in [9.17, 15) is 4.79 Å². The van der Waals surface area contributed by atoms with E-state index in [0.29, 0.717) is 23.1 Å². The molecule has 1 heterocycles. The number of nitrogens with zero attached hydrogens (tertiary/aromatic N) is 2. The molecule has 0 aliphatic heterocycles. The van der Waals surface area contributed by atoms with Gasteiger partial charge in [-0.05, 0) is 42.0 Å². The third kappa shape index (κ3) is 4.43. The third-order valence-electron chi connectivity index (χ3n) is 3.39. The lowest BCUT2D eigenvalue weighted by Crippen LogP contribution is -2.05. The summed E-state index contributed by atoms with van der Waals surface area (Å²) in [6.07, 6.45) is 0. The molecule has 0 N–H and O–H groups in total. The van der Waals surface area contributed by atoms with Crippen molar-refractivity contribution < 1.29 is 18.7 Å². The number of esters is 1. The summed E-state index contributed by atoms with van der Waals surface area (Å²) in [6, 6.07) is 14.0. The van der Waals surface area contributed by atoms with Gasteiger partial charge in [0.05, 0.1) is 12.2 Å². The maximum Gasteiger partial charge on any atom is 0.338 e. The van der Waals surface area contributed by atoms with Gasteiger partial charge in [-0.15, -0.1) is 10.2 Å². The van der Waals surface area contributed by atoms with Gasteiger partial charge in [0.15, 0.2) is 6.61 Å². The number of carbonyl (C=O) groups is 1. The Morgan fingerprint density at radius 1 is 1.04 bits per heavy atom. The van der Waals surface area contributed by atoms with Crippen LogP contribution in [0.25, 0.3) is 11.5 Å². The molecular formula is C18H15ClN2O4. The lowest BCUT2D eigenvalue weighted by atomic mass is 10.1. The molecule has 0 saturated heterocycles. The summed E-state index contributed by atoms with van der Waals surface area (Å²) < 4.78 is 15.7. The lowest BCUT2D eigenvalue weighted by Gasteiger charge is -2.03.